The Kier molecular flexibility index (Phi) is 3.29. The molecule has 0 amide bonds. The van der Waals surface area contributed by atoms with Crippen molar-refractivity contribution in [2.24, 2.45) is 0 Å². The maximum atomic E-state index is 4.31. The lowest BCUT2D eigenvalue weighted by molar-refractivity contribution is 1.29. The summed E-state index contributed by atoms with van der Waals surface area (Å²) in [6.45, 7) is 3.70. The van der Waals surface area contributed by atoms with E-state index in [-0.39, 0.29) is 0 Å². The van der Waals surface area contributed by atoms with Crippen LogP contribution in [-0.2, 0) is 0 Å². The van der Waals surface area contributed by atoms with Crippen LogP contribution in [0.1, 0.15) is 16.8 Å². The van der Waals surface area contributed by atoms with Crippen LogP contribution in [0.4, 0.5) is 0 Å². The summed E-state index contributed by atoms with van der Waals surface area (Å²) in [5.41, 5.74) is 3.17. The third-order valence-electron chi connectivity index (χ3n) is 2.29. The molecule has 0 aliphatic carbocycles. The molecule has 1 aromatic carbocycles. The highest BCUT2D eigenvalue weighted by Crippen LogP contribution is 2.07. The molecule has 2 rings (SSSR count). The van der Waals surface area contributed by atoms with E-state index in [0.717, 1.165) is 11.3 Å². The van der Waals surface area contributed by atoms with Crippen molar-refractivity contribution in [1.82, 2.24) is 4.98 Å². The van der Waals surface area contributed by atoms with Crippen molar-refractivity contribution in [1.29, 1.82) is 0 Å². The van der Waals surface area contributed by atoms with Gasteiger partial charge in [0.25, 0.3) is 0 Å². The van der Waals surface area contributed by atoms with E-state index in [4.69, 9.17) is 0 Å². The van der Waals surface area contributed by atoms with Gasteiger partial charge in [-0.1, -0.05) is 55.1 Å². The normalized spacial score (nSPS) is 10.5. The fourth-order valence-electron chi connectivity index (χ4n) is 1.38. The molecular formula is C15H13N. The van der Waals surface area contributed by atoms with Gasteiger partial charge in [0.2, 0.25) is 0 Å². The Balaban J connectivity index is 2.14. The zero-order chi connectivity index (χ0) is 11.2. The first-order chi connectivity index (χ1) is 7.88. The van der Waals surface area contributed by atoms with Gasteiger partial charge in [-0.15, -0.1) is 0 Å². The highest BCUT2D eigenvalue weighted by molar-refractivity contribution is 5.68. The van der Waals surface area contributed by atoms with Crippen LogP contribution in [-0.4, -0.2) is 4.98 Å². The van der Waals surface area contributed by atoms with E-state index in [2.05, 4.69) is 29.8 Å². The molecule has 0 N–H and O–H groups in total. The largest absolute Gasteiger partial charge is 0.256 e. The van der Waals surface area contributed by atoms with Gasteiger partial charge in [-0.3, -0.25) is 4.98 Å². The number of pyridine rings is 1. The Morgan fingerprint density at radius 1 is 0.875 bits per heavy atom. The number of hydrogen-bond acceptors (Lipinski definition) is 1. The number of rotatable bonds is 3. The fraction of sp³-hybridized carbons (Fsp3) is 0. The molecule has 0 spiro atoms. The Morgan fingerprint density at radius 2 is 1.69 bits per heavy atom. The Morgan fingerprint density at radius 3 is 2.31 bits per heavy atom. The lowest BCUT2D eigenvalue weighted by Crippen LogP contribution is -1.80. The van der Waals surface area contributed by atoms with Crippen LogP contribution >= 0.6 is 0 Å². The summed E-state index contributed by atoms with van der Waals surface area (Å²) >= 11 is 0. The predicted molar refractivity (Wildman–Crippen MR) is 69.7 cm³/mol. The summed E-state index contributed by atoms with van der Waals surface area (Å²) < 4.78 is 0. The summed E-state index contributed by atoms with van der Waals surface area (Å²) in [5.74, 6) is 0. The van der Waals surface area contributed by atoms with Crippen LogP contribution in [0.3, 0.4) is 0 Å². The molecule has 0 fully saturated rings. The van der Waals surface area contributed by atoms with Crippen LogP contribution < -0.4 is 0 Å². The van der Waals surface area contributed by atoms with E-state index < -0.39 is 0 Å². The SMILES string of the molecule is C=Cc1ccc(C=Cc2ccccc2)nc1. The maximum Gasteiger partial charge on any atom is 0.0630 e. The van der Waals surface area contributed by atoms with Crippen LogP contribution in [0.15, 0.2) is 55.2 Å². The molecule has 0 aliphatic heterocycles. The molecule has 16 heavy (non-hydrogen) atoms. The third-order valence-corrected chi connectivity index (χ3v) is 2.29. The highest BCUT2D eigenvalue weighted by Gasteiger charge is 1.89. The molecule has 0 atom stereocenters. The Labute approximate surface area is 95.8 Å². The van der Waals surface area contributed by atoms with Gasteiger partial charge in [0, 0.05) is 6.20 Å². The minimum absolute atomic E-state index is 0.953. The smallest absolute Gasteiger partial charge is 0.0630 e. The molecule has 78 valence electrons. The molecule has 0 bridgehead atoms. The van der Waals surface area contributed by atoms with Gasteiger partial charge in [0.1, 0.15) is 0 Å². The fourth-order valence-corrected chi connectivity index (χ4v) is 1.38. The number of benzene rings is 1. The Bertz CT molecular complexity index is 481. The summed E-state index contributed by atoms with van der Waals surface area (Å²) in [5, 5.41) is 0. The molecule has 1 nitrogen and oxygen atoms in total. The van der Waals surface area contributed by atoms with Crippen molar-refractivity contribution in [3.63, 3.8) is 0 Å². The van der Waals surface area contributed by atoms with Crippen LogP contribution in [0.2, 0.25) is 0 Å². The van der Waals surface area contributed by atoms with Gasteiger partial charge in [0.15, 0.2) is 0 Å². The topological polar surface area (TPSA) is 12.9 Å². The minimum atomic E-state index is 0.953. The summed E-state index contributed by atoms with van der Waals surface area (Å²) in [4.78, 5) is 4.31. The first-order valence-electron chi connectivity index (χ1n) is 5.20. The first-order valence-corrected chi connectivity index (χ1v) is 5.20. The molecule has 0 radical (unpaired) electrons. The molecule has 1 heteroatoms. The maximum absolute atomic E-state index is 4.31. The Hall–Kier alpha value is -2.15. The van der Waals surface area contributed by atoms with Crippen molar-refractivity contribution in [2.45, 2.75) is 0 Å². The van der Waals surface area contributed by atoms with Crippen LogP contribution in [0, 0.1) is 0 Å². The monoisotopic (exact) mass is 207 g/mol. The van der Waals surface area contributed by atoms with Crippen molar-refractivity contribution in [3.8, 4) is 0 Å². The molecule has 0 unspecified atom stereocenters. The molecule has 0 saturated carbocycles. The van der Waals surface area contributed by atoms with Gasteiger partial charge in [-0.25, -0.2) is 0 Å². The van der Waals surface area contributed by atoms with E-state index in [9.17, 15) is 0 Å². The lowest BCUT2D eigenvalue weighted by Gasteiger charge is -1.95. The van der Waals surface area contributed by atoms with E-state index in [0.29, 0.717) is 0 Å². The second kappa shape index (κ2) is 5.08. The van der Waals surface area contributed by atoms with Crippen molar-refractivity contribution >= 4 is 18.2 Å². The zero-order valence-electron chi connectivity index (χ0n) is 9.01. The van der Waals surface area contributed by atoms with Gasteiger partial charge in [-0.2, -0.15) is 0 Å². The summed E-state index contributed by atoms with van der Waals surface area (Å²) in [7, 11) is 0. The molecule has 2 aromatic rings. The van der Waals surface area contributed by atoms with Gasteiger partial charge in [-0.05, 0) is 23.3 Å². The second-order valence-corrected chi connectivity index (χ2v) is 3.46. The molecule has 0 saturated heterocycles. The van der Waals surface area contributed by atoms with E-state index in [1.807, 2.05) is 42.6 Å². The second-order valence-electron chi connectivity index (χ2n) is 3.46. The third kappa shape index (κ3) is 2.67. The van der Waals surface area contributed by atoms with E-state index >= 15 is 0 Å². The zero-order valence-corrected chi connectivity index (χ0v) is 9.01. The number of aromatic nitrogens is 1. The molecule has 1 aromatic heterocycles. The molecule has 1 heterocycles. The molecule has 0 aliphatic rings. The average molecular weight is 207 g/mol. The van der Waals surface area contributed by atoms with E-state index in [1.165, 1.54) is 5.56 Å². The first kappa shape index (κ1) is 10.4. The van der Waals surface area contributed by atoms with Crippen molar-refractivity contribution < 1.29 is 0 Å². The van der Waals surface area contributed by atoms with Gasteiger partial charge in [0.05, 0.1) is 5.69 Å². The average Bonchev–Trinajstić information content (AvgIpc) is 2.38. The summed E-state index contributed by atoms with van der Waals surface area (Å²) in [6.07, 6.45) is 7.66. The van der Waals surface area contributed by atoms with Crippen molar-refractivity contribution in [2.75, 3.05) is 0 Å². The predicted octanol–water partition coefficient (Wildman–Crippen LogP) is 3.90. The summed E-state index contributed by atoms with van der Waals surface area (Å²) in [6, 6.07) is 14.2. The minimum Gasteiger partial charge on any atom is -0.256 e. The van der Waals surface area contributed by atoms with Crippen LogP contribution in [0.25, 0.3) is 18.2 Å². The quantitative estimate of drug-likeness (QED) is 0.744. The van der Waals surface area contributed by atoms with Gasteiger partial charge >= 0.3 is 0 Å². The van der Waals surface area contributed by atoms with E-state index in [1.54, 1.807) is 6.08 Å². The van der Waals surface area contributed by atoms with Crippen molar-refractivity contribution in [3.05, 3.63) is 72.1 Å². The molecular weight excluding hydrogens is 194 g/mol. The standard InChI is InChI=1S/C15H13N/c1-2-13-8-10-15(16-12-13)11-9-14-6-4-3-5-7-14/h2-12H,1H2. The number of nitrogens with zero attached hydrogens (tertiary/aromatic N) is 1. The van der Waals surface area contributed by atoms with Gasteiger partial charge < -0.3 is 0 Å². The van der Waals surface area contributed by atoms with Crippen LogP contribution in [0.5, 0.6) is 0 Å². The highest BCUT2D eigenvalue weighted by atomic mass is 14.7. The lowest BCUT2D eigenvalue weighted by atomic mass is 10.2. The number of hydrogen-bond donors (Lipinski definition) is 0.